The molecule has 5 nitrogen and oxygen atoms in total. The van der Waals surface area contributed by atoms with E-state index in [-0.39, 0.29) is 0 Å². The standard InChI is InChI=1S/C20H18N4O/c1-15-9-8-14-21-19(15)22-20(25)24-23-18(16-10-4-2-5-11-16)17-12-6-3-7-13-17/h2-14H,1H3,(H2,21,22,24,25). The number of rotatable bonds is 4. The van der Waals surface area contributed by atoms with Crippen LogP contribution in [0.2, 0.25) is 0 Å². The number of urea groups is 1. The van der Waals surface area contributed by atoms with Gasteiger partial charge in [0.05, 0.1) is 5.71 Å². The molecule has 1 aromatic heterocycles. The SMILES string of the molecule is Cc1cccnc1NC(=O)NN=C(c1ccccc1)c1ccccc1. The van der Waals surface area contributed by atoms with E-state index in [1.165, 1.54) is 0 Å². The molecular formula is C20H18N4O. The van der Waals surface area contributed by atoms with Crippen LogP contribution < -0.4 is 10.7 Å². The Morgan fingerprint density at radius 3 is 2.04 bits per heavy atom. The van der Waals surface area contributed by atoms with Crippen LogP contribution in [-0.4, -0.2) is 16.7 Å². The second-order valence-corrected chi connectivity index (χ2v) is 5.43. The zero-order chi connectivity index (χ0) is 17.5. The molecule has 5 heteroatoms. The Hall–Kier alpha value is -3.47. The van der Waals surface area contributed by atoms with E-state index in [1.54, 1.807) is 6.20 Å². The fraction of sp³-hybridized carbons (Fsp3) is 0.0500. The number of pyridine rings is 1. The van der Waals surface area contributed by atoms with Gasteiger partial charge in [-0.1, -0.05) is 66.7 Å². The number of aromatic nitrogens is 1. The Balaban J connectivity index is 1.82. The fourth-order valence-corrected chi connectivity index (χ4v) is 2.35. The van der Waals surface area contributed by atoms with Gasteiger partial charge in [0, 0.05) is 17.3 Å². The van der Waals surface area contributed by atoms with Crippen LogP contribution in [0, 0.1) is 6.92 Å². The van der Waals surface area contributed by atoms with Crippen LogP contribution in [0.1, 0.15) is 16.7 Å². The van der Waals surface area contributed by atoms with Crippen LogP contribution in [0.5, 0.6) is 0 Å². The summed E-state index contributed by atoms with van der Waals surface area (Å²) in [7, 11) is 0. The van der Waals surface area contributed by atoms with Gasteiger partial charge in [0.2, 0.25) is 0 Å². The number of anilines is 1. The van der Waals surface area contributed by atoms with Crippen molar-refractivity contribution in [3.05, 3.63) is 95.7 Å². The van der Waals surface area contributed by atoms with Gasteiger partial charge in [-0.05, 0) is 18.6 Å². The van der Waals surface area contributed by atoms with Crippen molar-refractivity contribution in [2.45, 2.75) is 6.92 Å². The molecule has 3 aromatic rings. The highest BCUT2D eigenvalue weighted by molar-refractivity contribution is 6.13. The third-order valence-corrected chi connectivity index (χ3v) is 3.61. The van der Waals surface area contributed by atoms with Gasteiger partial charge in [0.15, 0.2) is 0 Å². The third-order valence-electron chi connectivity index (χ3n) is 3.61. The minimum Gasteiger partial charge on any atom is -0.291 e. The number of hydrogen-bond acceptors (Lipinski definition) is 3. The van der Waals surface area contributed by atoms with E-state index >= 15 is 0 Å². The van der Waals surface area contributed by atoms with E-state index in [0.717, 1.165) is 16.7 Å². The van der Waals surface area contributed by atoms with Gasteiger partial charge in [-0.3, -0.25) is 5.32 Å². The molecule has 0 unspecified atom stereocenters. The van der Waals surface area contributed by atoms with Crippen LogP contribution in [0.3, 0.4) is 0 Å². The number of hydrazone groups is 1. The molecule has 0 aliphatic rings. The molecule has 0 fully saturated rings. The lowest BCUT2D eigenvalue weighted by atomic mass is 10.0. The lowest BCUT2D eigenvalue weighted by Crippen LogP contribution is -2.26. The second-order valence-electron chi connectivity index (χ2n) is 5.43. The van der Waals surface area contributed by atoms with E-state index in [4.69, 9.17) is 0 Å². The van der Waals surface area contributed by atoms with Crippen LogP contribution in [0.4, 0.5) is 10.6 Å². The normalized spacial score (nSPS) is 9.96. The Morgan fingerprint density at radius 2 is 1.48 bits per heavy atom. The Morgan fingerprint density at radius 1 is 0.880 bits per heavy atom. The average molecular weight is 330 g/mol. The van der Waals surface area contributed by atoms with Crippen molar-refractivity contribution in [1.29, 1.82) is 0 Å². The number of nitrogens with one attached hydrogen (secondary N) is 2. The van der Waals surface area contributed by atoms with Gasteiger partial charge in [-0.2, -0.15) is 5.10 Å². The highest BCUT2D eigenvalue weighted by atomic mass is 16.2. The van der Waals surface area contributed by atoms with Crippen molar-refractivity contribution < 1.29 is 4.79 Å². The predicted octanol–water partition coefficient (Wildman–Crippen LogP) is 3.96. The zero-order valence-electron chi connectivity index (χ0n) is 13.8. The predicted molar refractivity (Wildman–Crippen MR) is 99.7 cm³/mol. The molecule has 2 N–H and O–H groups in total. The molecule has 0 aliphatic carbocycles. The van der Waals surface area contributed by atoms with Gasteiger partial charge in [-0.25, -0.2) is 15.2 Å². The van der Waals surface area contributed by atoms with Crippen LogP contribution >= 0.6 is 0 Å². The lowest BCUT2D eigenvalue weighted by Gasteiger charge is -2.09. The van der Waals surface area contributed by atoms with Crippen molar-refractivity contribution in [2.75, 3.05) is 5.32 Å². The van der Waals surface area contributed by atoms with Crippen molar-refractivity contribution in [3.8, 4) is 0 Å². The number of carbonyl (C=O) groups excluding carboxylic acids is 1. The summed E-state index contributed by atoms with van der Waals surface area (Å²) >= 11 is 0. The van der Waals surface area contributed by atoms with Gasteiger partial charge in [-0.15, -0.1) is 0 Å². The first-order chi connectivity index (χ1) is 12.2. The van der Waals surface area contributed by atoms with E-state index in [0.29, 0.717) is 11.5 Å². The van der Waals surface area contributed by atoms with Gasteiger partial charge in [0.25, 0.3) is 0 Å². The maximum absolute atomic E-state index is 12.2. The smallest absolute Gasteiger partial charge is 0.291 e. The largest absolute Gasteiger partial charge is 0.340 e. The monoisotopic (exact) mass is 330 g/mol. The van der Waals surface area contributed by atoms with Crippen LogP contribution in [0.25, 0.3) is 0 Å². The summed E-state index contributed by atoms with van der Waals surface area (Å²) in [6, 6.07) is 22.7. The lowest BCUT2D eigenvalue weighted by molar-refractivity contribution is 0.252. The Bertz CT molecular complexity index is 835. The first kappa shape index (κ1) is 16.4. The molecule has 3 rings (SSSR count). The topological polar surface area (TPSA) is 66.4 Å². The average Bonchev–Trinajstić information content (AvgIpc) is 2.66. The van der Waals surface area contributed by atoms with E-state index in [2.05, 4.69) is 20.8 Å². The molecule has 2 amide bonds. The summed E-state index contributed by atoms with van der Waals surface area (Å²) in [4.78, 5) is 16.3. The van der Waals surface area contributed by atoms with Crippen molar-refractivity contribution in [1.82, 2.24) is 10.4 Å². The second kappa shape index (κ2) is 7.88. The highest BCUT2D eigenvalue weighted by Crippen LogP contribution is 2.11. The maximum atomic E-state index is 12.2. The molecule has 0 saturated heterocycles. The molecule has 2 aromatic carbocycles. The Labute approximate surface area is 146 Å². The summed E-state index contributed by atoms with van der Waals surface area (Å²) in [6.45, 7) is 1.88. The molecule has 0 saturated carbocycles. The molecule has 0 spiro atoms. The van der Waals surface area contributed by atoms with Crippen molar-refractivity contribution >= 4 is 17.6 Å². The first-order valence-electron chi connectivity index (χ1n) is 7.91. The first-order valence-corrected chi connectivity index (χ1v) is 7.91. The molecular weight excluding hydrogens is 312 g/mol. The maximum Gasteiger partial charge on any atom is 0.340 e. The summed E-state index contributed by atoms with van der Waals surface area (Å²) in [5.74, 6) is 0.510. The minimum atomic E-state index is -0.439. The molecule has 0 radical (unpaired) electrons. The fourth-order valence-electron chi connectivity index (χ4n) is 2.35. The van der Waals surface area contributed by atoms with Crippen LogP contribution in [-0.2, 0) is 0 Å². The highest BCUT2D eigenvalue weighted by Gasteiger charge is 2.08. The molecule has 1 heterocycles. The summed E-state index contributed by atoms with van der Waals surface area (Å²) in [5, 5.41) is 7.02. The molecule has 0 aliphatic heterocycles. The number of benzene rings is 2. The number of amides is 2. The Kier molecular flexibility index (Phi) is 5.16. The van der Waals surface area contributed by atoms with Crippen molar-refractivity contribution in [3.63, 3.8) is 0 Å². The quantitative estimate of drug-likeness (QED) is 0.561. The molecule has 0 bridgehead atoms. The van der Waals surface area contributed by atoms with Gasteiger partial charge in [0.1, 0.15) is 5.82 Å². The molecule has 124 valence electrons. The van der Waals surface area contributed by atoms with E-state index < -0.39 is 6.03 Å². The number of nitrogens with zero attached hydrogens (tertiary/aromatic N) is 2. The zero-order valence-corrected chi connectivity index (χ0v) is 13.8. The molecule has 0 atom stereocenters. The number of carbonyl (C=O) groups is 1. The number of aryl methyl sites for hydroxylation is 1. The summed E-state index contributed by atoms with van der Waals surface area (Å²) < 4.78 is 0. The number of hydrogen-bond donors (Lipinski definition) is 2. The van der Waals surface area contributed by atoms with Crippen molar-refractivity contribution in [2.24, 2.45) is 5.10 Å². The summed E-state index contributed by atoms with van der Waals surface area (Å²) in [5.41, 5.74) is 5.96. The third kappa shape index (κ3) is 4.29. The minimum absolute atomic E-state index is 0.439. The van der Waals surface area contributed by atoms with E-state index in [1.807, 2.05) is 79.7 Å². The van der Waals surface area contributed by atoms with E-state index in [9.17, 15) is 4.79 Å². The summed E-state index contributed by atoms with van der Waals surface area (Å²) in [6.07, 6.45) is 1.63. The van der Waals surface area contributed by atoms with Gasteiger partial charge >= 0.3 is 6.03 Å². The van der Waals surface area contributed by atoms with Crippen LogP contribution in [0.15, 0.2) is 84.1 Å². The molecule has 25 heavy (non-hydrogen) atoms. The van der Waals surface area contributed by atoms with Gasteiger partial charge < -0.3 is 0 Å².